The molecule has 0 spiro atoms. The van der Waals surface area contributed by atoms with Crippen molar-refractivity contribution in [3.8, 4) is 5.75 Å². The summed E-state index contributed by atoms with van der Waals surface area (Å²) in [5.41, 5.74) is 1.05. The molecule has 0 radical (unpaired) electrons. The summed E-state index contributed by atoms with van der Waals surface area (Å²) in [5, 5.41) is 5.65. The van der Waals surface area contributed by atoms with E-state index in [0.29, 0.717) is 16.7 Å². The third kappa shape index (κ3) is 3.38. The molecule has 1 amide bonds. The maximum atomic E-state index is 12.5. The highest BCUT2D eigenvalue weighted by Gasteiger charge is 2.35. The number of methoxy groups -OCH3 is 1. The molecule has 2 aromatic heterocycles. The van der Waals surface area contributed by atoms with Gasteiger partial charge in [-0.2, -0.15) is 0 Å². The maximum absolute atomic E-state index is 12.5. The Morgan fingerprint density at radius 1 is 1.19 bits per heavy atom. The predicted molar refractivity (Wildman–Crippen MR) is 105 cm³/mol. The molecule has 132 valence electrons. The first-order valence-electron chi connectivity index (χ1n) is 7.96. The van der Waals surface area contributed by atoms with Crippen LogP contribution >= 0.6 is 23.1 Å². The average Bonchev–Trinajstić information content (AvgIpc) is 3.29. The molecule has 1 saturated heterocycles. The number of carbonyl (C=O) groups is 1. The average molecular weight is 384 g/mol. The van der Waals surface area contributed by atoms with Gasteiger partial charge in [0, 0.05) is 11.6 Å². The summed E-state index contributed by atoms with van der Waals surface area (Å²) in [7, 11) is 1.64. The third-order valence-corrected chi connectivity index (χ3v) is 5.94. The summed E-state index contributed by atoms with van der Waals surface area (Å²) in [6.45, 7) is 0. The second-order valence-electron chi connectivity index (χ2n) is 5.56. The van der Waals surface area contributed by atoms with Gasteiger partial charge in [0.2, 0.25) is 5.91 Å². The van der Waals surface area contributed by atoms with Gasteiger partial charge in [-0.05, 0) is 29.8 Å². The van der Waals surface area contributed by atoms with Crippen molar-refractivity contribution in [2.75, 3.05) is 23.1 Å². The van der Waals surface area contributed by atoms with E-state index in [0.717, 1.165) is 17.1 Å². The van der Waals surface area contributed by atoms with E-state index in [1.165, 1.54) is 11.3 Å². The van der Waals surface area contributed by atoms with Gasteiger partial charge in [0.15, 0.2) is 5.13 Å². The zero-order chi connectivity index (χ0) is 17.9. The number of ether oxygens (including phenoxy) is 1. The van der Waals surface area contributed by atoms with Crippen LogP contribution in [0.3, 0.4) is 0 Å². The molecule has 1 aliphatic heterocycles. The van der Waals surface area contributed by atoms with E-state index < -0.39 is 0 Å². The molecule has 4 rings (SSSR count). The highest BCUT2D eigenvalue weighted by Crippen LogP contribution is 2.43. The minimum absolute atomic E-state index is 0.0644. The van der Waals surface area contributed by atoms with Crippen molar-refractivity contribution in [2.24, 2.45) is 0 Å². The lowest BCUT2D eigenvalue weighted by atomic mass is 10.2. The number of thiazole rings is 1. The Balaban J connectivity index is 1.57. The fourth-order valence-electron chi connectivity index (χ4n) is 2.65. The molecule has 0 saturated carbocycles. The monoisotopic (exact) mass is 384 g/mol. The van der Waals surface area contributed by atoms with Crippen molar-refractivity contribution in [3.05, 3.63) is 59.6 Å². The van der Waals surface area contributed by atoms with E-state index in [4.69, 9.17) is 4.74 Å². The molecule has 6 nitrogen and oxygen atoms in total. The lowest BCUT2D eigenvalue weighted by molar-refractivity contribution is -0.115. The number of pyridine rings is 1. The van der Waals surface area contributed by atoms with E-state index >= 15 is 0 Å². The molecular weight excluding hydrogens is 368 g/mol. The van der Waals surface area contributed by atoms with Crippen molar-refractivity contribution in [2.45, 2.75) is 5.37 Å². The Hall–Kier alpha value is -2.58. The highest BCUT2D eigenvalue weighted by molar-refractivity contribution is 8.00. The van der Waals surface area contributed by atoms with Crippen LogP contribution < -0.4 is 15.0 Å². The van der Waals surface area contributed by atoms with E-state index in [2.05, 4.69) is 15.3 Å². The number of aromatic nitrogens is 2. The van der Waals surface area contributed by atoms with Crippen molar-refractivity contribution in [3.63, 3.8) is 0 Å². The maximum Gasteiger partial charge on any atom is 0.240 e. The summed E-state index contributed by atoms with van der Waals surface area (Å²) in [6.07, 6.45) is 1.72. The first kappa shape index (κ1) is 16.9. The van der Waals surface area contributed by atoms with E-state index in [-0.39, 0.29) is 11.3 Å². The van der Waals surface area contributed by atoms with Crippen LogP contribution in [-0.4, -0.2) is 28.7 Å². The minimum Gasteiger partial charge on any atom is -0.497 e. The van der Waals surface area contributed by atoms with Crippen LogP contribution in [0.1, 0.15) is 10.9 Å². The number of carbonyl (C=O) groups excluding carboxylic acids is 1. The molecule has 0 aliphatic carbocycles. The van der Waals surface area contributed by atoms with Gasteiger partial charge in [0.05, 0.1) is 12.9 Å². The molecule has 1 fully saturated rings. The van der Waals surface area contributed by atoms with Crippen LogP contribution in [0.5, 0.6) is 5.75 Å². The van der Waals surface area contributed by atoms with Gasteiger partial charge in [0.1, 0.15) is 22.8 Å². The van der Waals surface area contributed by atoms with Gasteiger partial charge < -0.3 is 10.1 Å². The van der Waals surface area contributed by atoms with E-state index in [1.54, 1.807) is 30.0 Å². The normalized spacial score (nSPS) is 16.7. The topological polar surface area (TPSA) is 67.3 Å². The number of hydrogen-bond donors (Lipinski definition) is 1. The molecule has 3 heterocycles. The quantitative estimate of drug-likeness (QED) is 0.715. The number of anilines is 3. The minimum atomic E-state index is -0.0812. The standard InChI is InChI=1S/C18H16N4O2S2/c1-24-13-7-5-12(6-8-13)17-22(16(23)11-25-17)18-21-15(10-26-18)20-14-4-2-3-9-19-14/h2-10,17H,11H2,1H3,(H,19,20). The van der Waals surface area contributed by atoms with Crippen molar-refractivity contribution in [1.29, 1.82) is 0 Å². The van der Waals surface area contributed by atoms with E-state index in [9.17, 15) is 4.79 Å². The van der Waals surface area contributed by atoms with E-state index in [1.807, 2.05) is 47.8 Å². The van der Waals surface area contributed by atoms with Crippen LogP contribution in [0, 0.1) is 0 Å². The van der Waals surface area contributed by atoms with Gasteiger partial charge in [-0.1, -0.05) is 18.2 Å². The number of nitrogens with zero attached hydrogens (tertiary/aromatic N) is 3. The van der Waals surface area contributed by atoms with Crippen LogP contribution in [0.4, 0.5) is 16.8 Å². The molecule has 1 atom stereocenters. The number of nitrogens with one attached hydrogen (secondary N) is 1. The molecular formula is C18H16N4O2S2. The van der Waals surface area contributed by atoms with Gasteiger partial charge in [-0.3, -0.25) is 9.69 Å². The summed E-state index contributed by atoms with van der Waals surface area (Å²) in [6, 6.07) is 13.4. The van der Waals surface area contributed by atoms with Gasteiger partial charge in [0.25, 0.3) is 0 Å². The Kier molecular flexibility index (Phi) is 4.77. The fraction of sp³-hybridized carbons (Fsp3) is 0.167. The number of thioether (sulfide) groups is 1. The first-order chi connectivity index (χ1) is 12.7. The largest absolute Gasteiger partial charge is 0.497 e. The summed E-state index contributed by atoms with van der Waals surface area (Å²) in [5.74, 6) is 2.71. The molecule has 1 aromatic carbocycles. The van der Waals surface area contributed by atoms with Crippen LogP contribution in [0.25, 0.3) is 0 Å². The van der Waals surface area contributed by atoms with Gasteiger partial charge in [-0.25, -0.2) is 9.97 Å². The number of rotatable bonds is 5. The lowest BCUT2D eigenvalue weighted by Crippen LogP contribution is -2.27. The Labute approximate surface area is 159 Å². The molecule has 26 heavy (non-hydrogen) atoms. The van der Waals surface area contributed by atoms with Crippen LogP contribution in [-0.2, 0) is 4.79 Å². The zero-order valence-electron chi connectivity index (χ0n) is 14.0. The fourth-order valence-corrected chi connectivity index (χ4v) is 4.67. The van der Waals surface area contributed by atoms with Crippen LogP contribution in [0.15, 0.2) is 54.0 Å². The third-order valence-electron chi connectivity index (χ3n) is 3.89. The van der Waals surface area contributed by atoms with Crippen LogP contribution in [0.2, 0.25) is 0 Å². The molecule has 3 aromatic rings. The molecule has 1 N–H and O–H groups in total. The Morgan fingerprint density at radius 3 is 2.77 bits per heavy atom. The molecule has 1 aliphatic rings. The van der Waals surface area contributed by atoms with Crippen molar-refractivity contribution >= 4 is 45.8 Å². The Morgan fingerprint density at radius 2 is 2.04 bits per heavy atom. The first-order valence-corrected chi connectivity index (χ1v) is 9.88. The Bertz CT molecular complexity index is 899. The number of amides is 1. The van der Waals surface area contributed by atoms with Crippen molar-refractivity contribution in [1.82, 2.24) is 9.97 Å². The number of hydrogen-bond acceptors (Lipinski definition) is 7. The SMILES string of the molecule is COc1ccc(C2SCC(=O)N2c2nc(Nc3ccccn3)cs2)cc1. The summed E-state index contributed by atoms with van der Waals surface area (Å²) < 4.78 is 5.21. The van der Waals surface area contributed by atoms with Gasteiger partial charge in [-0.15, -0.1) is 23.1 Å². The van der Waals surface area contributed by atoms with Crippen molar-refractivity contribution < 1.29 is 9.53 Å². The molecule has 8 heteroatoms. The summed E-state index contributed by atoms with van der Waals surface area (Å²) >= 11 is 3.04. The second-order valence-corrected chi connectivity index (χ2v) is 7.46. The zero-order valence-corrected chi connectivity index (χ0v) is 15.6. The smallest absolute Gasteiger partial charge is 0.240 e. The molecule has 0 bridgehead atoms. The second kappa shape index (κ2) is 7.35. The van der Waals surface area contributed by atoms with Gasteiger partial charge >= 0.3 is 0 Å². The lowest BCUT2D eigenvalue weighted by Gasteiger charge is -2.21. The predicted octanol–water partition coefficient (Wildman–Crippen LogP) is 4.07. The number of benzene rings is 1. The molecule has 1 unspecified atom stereocenters. The summed E-state index contributed by atoms with van der Waals surface area (Å²) in [4.78, 5) is 23.0. The highest BCUT2D eigenvalue weighted by atomic mass is 32.2.